The summed E-state index contributed by atoms with van der Waals surface area (Å²) in [6.45, 7) is 3.01. The van der Waals surface area contributed by atoms with Gasteiger partial charge in [0.1, 0.15) is 5.82 Å². The molecule has 0 unspecified atom stereocenters. The lowest BCUT2D eigenvalue weighted by Gasteiger charge is -2.28. The van der Waals surface area contributed by atoms with Crippen LogP contribution in [0.2, 0.25) is 0 Å². The molecule has 2 heterocycles. The van der Waals surface area contributed by atoms with Gasteiger partial charge in [0, 0.05) is 30.0 Å². The molecule has 1 aliphatic heterocycles. The summed E-state index contributed by atoms with van der Waals surface area (Å²) < 4.78 is 23.7. The van der Waals surface area contributed by atoms with Crippen molar-refractivity contribution in [2.24, 2.45) is 0 Å². The fraction of sp³-hybridized carbons (Fsp3) is 0.200. The topological polar surface area (TPSA) is 110 Å². The molecule has 2 amide bonds. The Bertz CT molecular complexity index is 1050. The van der Waals surface area contributed by atoms with E-state index < -0.39 is 17.6 Å². The van der Waals surface area contributed by atoms with Crippen LogP contribution >= 0.6 is 0 Å². The van der Waals surface area contributed by atoms with Gasteiger partial charge in [-0.1, -0.05) is 11.2 Å². The van der Waals surface area contributed by atoms with Crippen molar-refractivity contribution < 1.29 is 23.1 Å². The van der Waals surface area contributed by atoms with Crippen molar-refractivity contribution >= 4 is 29.2 Å². The number of ether oxygens (including phenoxy) is 1. The lowest BCUT2D eigenvalue weighted by atomic mass is 10.2. The van der Waals surface area contributed by atoms with E-state index in [1.165, 1.54) is 18.2 Å². The lowest BCUT2D eigenvalue weighted by Crippen LogP contribution is -2.36. The Hall–Kier alpha value is -3.79. The number of nitrogens with zero attached hydrogens (tertiary/aromatic N) is 3. The number of hydrogen-bond donors (Lipinski definition) is 2. The number of carbonyl (C=O) groups is 2. The van der Waals surface area contributed by atoms with Crippen LogP contribution in [0.5, 0.6) is 0 Å². The van der Waals surface area contributed by atoms with E-state index in [0.717, 1.165) is 24.8 Å². The van der Waals surface area contributed by atoms with Gasteiger partial charge in [-0.25, -0.2) is 4.39 Å². The predicted molar refractivity (Wildman–Crippen MR) is 106 cm³/mol. The molecule has 1 saturated heterocycles. The van der Waals surface area contributed by atoms with Gasteiger partial charge in [0.2, 0.25) is 0 Å². The highest BCUT2D eigenvalue weighted by atomic mass is 19.1. The zero-order chi connectivity index (χ0) is 20.9. The molecule has 10 heteroatoms. The minimum atomic E-state index is -0.635. The van der Waals surface area contributed by atoms with Crippen LogP contribution in [-0.4, -0.2) is 48.3 Å². The van der Waals surface area contributed by atoms with Crippen molar-refractivity contribution in [2.75, 3.05) is 41.8 Å². The van der Waals surface area contributed by atoms with Crippen LogP contribution < -0.4 is 15.5 Å². The highest BCUT2D eigenvalue weighted by molar-refractivity contribution is 6.04. The molecule has 0 atom stereocenters. The van der Waals surface area contributed by atoms with Crippen LogP contribution in [-0.2, 0) is 4.74 Å². The second-order valence-corrected chi connectivity index (χ2v) is 6.48. The molecule has 4 rings (SSSR count). The summed E-state index contributed by atoms with van der Waals surface area (Å²) in [6, 6.07) is 12.2. The fourth-order valence-corrected chi connectivity index (χ4v) is 2.93. The molecule has 0 radical (unpaired) electrons. The van der Waals surface area contributed by atoms with Crippen molar-refractivity contribution in [1.82, 2.24) is 10.2 Å². The summed E-state index contributed by atoms with van der Waals surface area (Å²) in [7, 11) is 0. The Morgan fingerprint density at radius 2 is 1.73 bits per heavy atom. The first-order valence-corrected chi connectivity index (χ1v) is 9.23. The normalized spacial score (nSPS) is 13.7. The molecule has 154 valence electrons. The van der Waals surface area contributed by atoms with Crippen LogP contribution in [0.3, 0.4) is 0 Å². The number of nitrogens with one attached hydrogen (secondary N) is 2. The number of rotatable bonds is 5. The van der Waals surface area contributed by atoms with Crippen molar-refractivity contribution in [1.29, 1.82) is 0 Å². The molecule has 0 spiro atoms. The zero-order valence-corrected chi connectivity index (χ0v) is 15.8. The Kier molecular flexibility index (Phi) is 5.66. The van der Waals surface area contributed by atoms with E-state index in [2.05, 4.69) is 25.7 Å². The van der Waals surface area contributed by atoms with Gasteiger partial charge in [-0.3, -0.25) is 14.9 Å². The number of morpholine rings is 1. The molecule has 1 fully saturated rings. The second-order valence-electron chi connectivity index (χ2n) is 6.48. The number of hydrogen-bond acceptors (Lipinski definition) is 7. The van der Waals surface area contributed by atoms with Crippen LogP contribution in [0.25, 0.3) is 0 Å². The number of amides is 2. The summed E-state index contributed by atoms with van der Waals surface area (Å²) in [5.74, 6) is -2.12. The van der Waals surface area contributed by atoms with Gasteiger partial charge >= 0.3 is 17.8 Å². The molecule has 9 nitrogen and oxygen atoms in total. The van der Waals surface area contributed by atoms with Crippen molar-refractivity contribution in [3.05, 3.63) is 65.8 Å². The zero-order valence-electron chi connectivity index (χ0n) is 15.8. The summed E-state index contributed by atoms with van der Waals surface area (Å²) in [6.07, 6.45) is 0. The van der Waals surface area contributed by atoms with E-state index in [1.807, 2.05) is 12.1 Å². The minimum Gasteiger partial charge on any atom is -0.399 e. The van der Waals surface area contributed by atoms with E-state index >= 15 is 0 Å². The molecule has 3 aromatic rings. The van der Waals surface area contributed by atoms with Crippen molar-refractivity contribution in [3.63, 3.8) is 0 Å². The quantitative estimate of drug-likeness (QED) is 0.664. The summed E-state index contributed by atoms with van der Waals surface area (Å²) in [5.41, 5.74) is 1.68. The molecule has 0 aliphatic carbocycles. The van der Waals surface area contributed by atoms with Gasteiger partial charge < -0.3 is 19.4 Å². The summed E-state index contributed by atoms with van der Waals surface area (Å²) in [4.78, 5) is 26.6. The Labute approximate surface area is 170 Å². The number of benzene rings is 2. The highest BCUT2D eigenvalue weighted by Crippen LogP contribution is 2.19. The molecule has 0 bridgehead atoms. The van der Waals surface area contributed by atoms with Gasteiger partial charge in [0.15, 0.2) is 0 Å². The van der Waals surface area contributed by atoms with E-state index in [1.54, 1.807) is 12.1 Å². The third kappa shape index (κ3) is 4.61. The first-order chi connectivity index (χ1) is 14.6. The maximum atomic E-state index is 13.2. The molecular weight excluding hydrogens is 393 g/mol. The molecule has 2 aromatic carbocycles. The SMILES string of the molecule is O=C(Nc1nnc(C(=O)Nc2ccc(N3CCOCC3)cc2)o1)c1cccc(F)c1. The monoisotopic (exact) mass is 411 g/mol. The molecule has 1 aliphatic rings. The molecule has 1 aromatic heterocycles. The first-order valence-electron chi connectivity index (χ1n) is 9.23. The van der Waals surface area contributed by atoms with Crippen LogP contribution in [0.15, 0.2) is 52.9 Å². The van der Waals surface area contributed by atoms with Crippen molar-refractivity contribution in [2.45, 2.75) is 0 Å². The van der Waals surface area contributed by atoms with Gasteiger partial charge in [0.25, 0.3) is 5.91 Å². The lowest BCUT2D eigenvalue weighted by molar-refractivity contribution is 0.0983. The van der Waals surface area contributed by atoms with E-state index in [0.29, 0.717) is 18.9 Å². The summed E-state index contributed by atoms with van der Waals surface area (Å²) in [5, 5.41) is 12.2. The Balaban J connectivity index is 1.36. The van der Waals surface area contributed by atoms with E-state index in [4.69, 9.17) is 9.15 Å². The average Bonchev–Trinajstić information content (AvgIpc) is 3.23. The van der Waals surface area contributed by atoms with Gasteiger partial charge in [-0.15, -0.1) is 5.10 Å². The van der Waals surface area contributed by atoms with Crippen molar-refractivity contribution in [3.8, 4) is 0 Å². The third-order valence-corrected chi connectivity index (χ3v) is 4.43. The standard InChI is InChI=1S/C20H18FN5O4/c21-14-3-1-2-13(12-14)17(27)23-20-25-24-19(30-20)18(28)22-15-4-6-16(7-5-15)26-8-10-29-11-9-26/h1-7,12H,8-11H2,(H,22,28)(H,23,25,27). The second kappa shape index (κ2) is 8.70. The number of anilines is 3. The number of halogens is 1. The predicted octanol–water partition coefficient (Wildman–Crippen LogP) is 2.55. The molecule has 30 heavy (non-hydrogen) atoms. The molecule has 2 N–H and O–H groups in total. The van der Waals surface area contributed by atoms with Crippen LogP contribution in [0.1, 0.15) is 21.0 Å². The summed E-state index contributed by atoms with van der Waals surface area (Å²) >= 11 is 0. The number of aromatic nitrogens is 2. The average molecular weight is 411 g/mol. The molecule has 0 saturated carbocycles. The van der Waals surface area contributed by atoms with Gasteiger partial charge in [-0.2, -0.15) is 0 Å². The highest BCUT2D eigenvalue weighted by Gasteiger charge is 2.18. The largest absolute Gasteiger partial charge is 0.399 e. The maximum absolute atomic E-state index is 13.2. The maximum Gasteiger partial charge on any atom is 0.322 e. The van der Waals surface area contributed by atoms with E-state index in [-0.39, 0.29) is 17.5 Å². The van der Waals surface area contributed by atoms with Gasteiger partial charge in [0.05, 0.1) is 13.2 Å². The van der Waals surface area contributed by atoms with Gasteiger partial charge in [-0.05, 0) is 42.5 Å². The number of carbonyl (C=O) groups excluding carboxylic acids is 2. The smallest absolute Gasteiger partial charge is 0.322 e. The van der Waals surface area contributed by atoms with Crippen LogP contribution in [0.4, 0.5) is 21.8 Å². The minimum absolute atomic E-state index is 0.0829. The van der Waals surface area contributed by atoms with E-state index in [9.17, 15) is 14.0 Å². The fourth-order valence-electron chi connectivity index (χ4n) is 2.93. The first kappa shape index (κ1) is 19.5. The van der Waals surface area contributed by atoms with Crippen LogP contribution in [0, 0.1) is 5.82 Å². The Morgan fingerprint density at radius 3 is 2.47 bits per heavy atom. The third-order valence-electron chi connectivity index (χ3n) is 4.43. The molecular formula is C20H18FN5O4. The Morgan fingerprint density at radius 1 is 0.967 bits per heavy atom.